The smallest absolute Gasteiger partial charge is 0.290 e. The van der Waals surface area contributed by atoms with Crippen molar-refractivity contribution in [2.45, 2.75) is 19.4 Å². The fourth-order valence-corrected chi connectivity index (χ4v) is 4.50. The highest BCUT2D eigenvalue weighted by Gasteiger charge is 2.43. The Balaban J connectivity index is 1.52. The zero-order valence-electron chi connectivity index (χ0n) is 17.5. The number of carbonyl (C=O) groups is 1. The van der Waals surface area contributed by atoms with E-state index in [0.717, 1.165) is 44.8 Å². The summed E-state index contributed by atoms with van der Waals surface area (Å²) in [4.78, 5) is 35.4. The van der Waals surface area contributed by atoms with Gasteiger partial charge >= 0.3 is 0 Å². The largest absolute Gasteiger partial charge is 0.450 e. The first kappa shape index (κ1) is 19.9. The highest BCUT2D eigenvalue weighted by atomic mass is 16.5. The number of aromatic nitrogens is 1. The number of nitrogens with zero attached hydrogens (tertiary/aromatic N) is 3. The van der Waals surface area contributed by atoms with E-state index in [0.29, 0.717) is 28.8 Å². The van der Waals surface area contributed by atoms with Gasteiger partial charge in [-0.25, -0.2) is 0 Å². The maximum absolute atomic E-state index is 13.5. The van der Waals surface area contributed by atoms with Gasteiger partial charge in [-0.1, -0.05) is 17.7 Å². The van der Waals surface area contributed by atoms with E-state index in [1.807, 2.05) is 37.3 Å². The Morgan fingerprint density at radius 2 is 1.94 bits per heavy atom. The molecule has 0 saturated carbocycles. The van der Waals surface area contributed by atoms with Gasteiger partial charge in [0.15, 0.2) is 5.43 Å². The summed E-state index contributed by atoms with van der Waals surface area (Å²) in [6.07, 6.45) is 2.49. The van der Waals surface area contributed by atoms with E-state index >= 15 is 0 Å². The lowest BCUT2D eigenvalue weighted by Crippen LogP contribution is -2.39. The van der Waals surface area contributed by atoms with Crippen LogP contribution in [0.2, 0.25) is 0 Å². The zero-order chi connectivity index (χ0) is 21.4. The Hall–Kier alpha value is -3.03. The second-order valence-corrected chi connectivity index (χ2v) is 8.14. The van der Waals surface area contributed by atoms with Gasteiger partial charge in [0, 0.05) is 32.4 Å². The maximum Gasteiger partial charge on any atom is 0.290 e. The van der Waals surface area contributed by atoms with Crippen LogP contribution < -0.4 is 5.43 Å². The van der Waals surface area contributed by atoms with Crippen LogP contribution in [0.15, 0.2) is 51.8 Å². The topological polar surface area (TPSA) is 75.9 Å². The van der Waals surface area contributed by atoms with Crippen molar-refractivity contribution in [3.05, 3.63) is 75.4 Å². The van der Waals surface area contributed by atoms with Gasteiger partial charge in [0.2, 0.25) is 5.76 Å². The van der Waals surface area contributed by atoms with E-state index in [-0.39, 0.29) is 17.1 Å². The second-order valence-electron chi connectivity index (χ2n) is 8.14. The molecule has 1 amide bonds. The van der Waals surface area contributed by atoms with Gasteiger partial charge in [0.05, 0.1) is 29.9 Å². The van der Waals surface area contributed by atoms with Crippen molar-refractivity contribution in [3.8, 4) is 0 Å². The van der Waals surface area contributed by atoms with Crippen LogP contribution in [0.4, 0.5) is 0 Å². The Bertz CT molecular complexity index is 1170. The van der Waals surface area contributed by atoms with Gasteiger partial charge in [-0.15, -0.1) is 0 Å². The number of benzene rings is 1. The molecule has 2 aliphatic rings. The van der Waals surface area contributed by atoms with Gasteiger partial charge in [0.25, 0.3) is 5.91 Å². The van der Waals surface area contributed by atoms with E-state index < -0.39 is 6.04 Å². The molecule has 1 atom stereocenters. The monoisotopic (exact) mass is 419 g/mol. The molecule has 0 spiro atoms. The number of morpholine rings is 1. The normalized spacial score (nSPS) is 19.2. The molecule has 0 bridgehead atoms. The van der Waals surface area contributed by atoms with E-state index in [9.17, 15) is 9.59 Å². The van der Waals surface area contributed by atoms with Gasteiger partial charge < -0.3 is 14.1 Å². The van der Waals surface area contributed by atoms with Gasteiger partial charge in [-0.3, -0.25) is 19.5 Å². The van der Waals surface area contributed by atoms with Crippen molar-refractivity contribution in [2.24, 2.45) is 0 Å². The highest BCUT2D eigenvalue weighted by molar-refractivity contribution is 5.99. The van der Waals surface area contributed by atoms with Crippen molar-refractivity contribution in [1.82, 2.24) is 14.8 Å². The summed E-state index contributed by atoms with van der Waals surface area (Å²) < 4.78 is 11.4. The van der Waals surface area contributed by atoms with E-state index in [2.05, 4.69) is 9.88 Å². The molecule has 7 heteroatoms. The molecule has 1 unspecified atom stereocenters. The van der Waals surface area contributed by atoms with Crippen LogP contribution in [-0.4, -0.2) is 60.1 Å². The van der Waals surface area contributed by atoms with Crippen molar-refractivity contribution in [3.63, 3.8) is 0 Å². The number of amides is 1. The molecule has 1 fully saturated rings. The van der Waals surface area contributed by atoms with Crippen LogP contribution in [0.3, 0.4) is 0 Å². The number of hydrogen-bond acceptors (Lipinski definition) is 6. The third-order valence-electron chi connectivity index (χ3n) is 6.07. The third kappa shape index (κ3) is 3.64. The molecular weight excluding hydrogens is 394 g/mol. The van der Waals surface area contributed by atoms with E-state index in [1.54, 1.807) is 17.2 Å². The van der Waals surface area contributed by atoms with Gasteiger partial charge in [-0.05, 0) is 37.6 Å². The second kappa shape index (κ2) is 8.24. The first-order valence-corrected chi connectivity index (χ1v) is 10.7. The van der Waals surface area contributed by atoms with Crippen LogP contribution in [0, 0.1) is 6.92 Å². The summed E-state index contributed by atoms with van der Waals surface area (Å²) in [7, 11) is 0. The SMILES string of the molecule is Cc1ccc2oc3c(c(=O)c2c1)C(c1ccccn1)N(CCCN1CCOCC1)C3=O. The number of ether oxygens (including phenoxy) is 1. The summed E-state index contributed by atoms with van der Waals surface area (Å²) in [5, 5.41) is 0.502. The molecule has 160 valence electrons. The molecule has 1 saturated heterocycles. The number of aryl methyl sites for hydroxylation is 1. The van der Waals surface area contributed by atoms with Crippen LogP contribution in [0.1, 0.15) is 39.8 Å². The average molecular weight is 419 g/mol. The summed E-state index contributed by atoms with van der Waals surface area (Å²) in [6.45, 7) is 6.64. The van der Waals surface area contributed by atoms with Crippen molar-refractivity contribution in [1.29, 1.82) is 0 Å². The predicted octanol–water partition coefficient (Wildman–Crippen LogP) is 2.76. The molecule has 4 heterocycles. The predicted molar refractivity (Wildman–Crippen MR) is 116 cm³/mol. The van der Waals surface area contributed by atoms with Gasteiger partial charge in [0.1, 0.15) is 11.6 Å². The molecule has 7 nitrogen and oxygen atoms in total. The van der Waals surface area contributed by atoms with Crippen LogP contribution >= 0.6 is 0 Å². The quantitative estimate of drug-likeness (QED) is 0.633. The summed E-state index contributed by atoms with van der Waals surface area (Å²) in [6, 6.07) is 10.5. The lowest BCUT2D eigenvalue weighted by molar-refractivity contribution is 0.0353. The molecule has 3 aromatic rings. The number of pyridine rings is 1. The minimum atomic E-state index is -0.533. The molecule has 31 heavy (non-hydrogen) atoms. The average Bonchev–Trinajstić information content (AvgIpc) is 3.08. The minimum absolute atomic E-state index is 0.142. The van der Waals surface area contributed by atoms with Crippen LogP contribution in [0.5, 0.6) is 0 Å². The molecular formula is C24H25N3O4. The molecule has 1 aromatic carbocycles. The maximum atomic E-state index is 13.5. The molecule has 0 radical (unpaired) electrons. The molecule has 0 N–H and O–H groups in total. The van der Waals surface area contributed by atoms with Crippen molar-refractivity contribution in [2.75, 3.05) is 39.4 Å². The minimum Gasteiger partial charge on any atom is -0.450 e. The van der Waals surface area contributed by atoms with Crippen molar-refractivity contribution < 1.29 is 13.9 Å². The highest BCUT2D eigenvalue weighted by Crippen LogP contribution is 2.37. The summed E-state index contributed by atoms with van der Waals surface area (Å²) in [5.74, 6) is -0.101. The fraction of sp³-hybridized carbons (Fsp3) is 0.375. The van der Waals surface area contributed by atoms with Crippen LogP contribution in [-0.2, 0) is 4.74 Å². The lowest BCUT2D eigenvalue weighted by Gasteiger charge is -2.28. The number of rotatable bonds is 5. The first-order valence-electron chi connectivity index (χ1n) is 10.7. The Labute approximate surface area is 180 Å². The zero-order valence-corrected chi connectivity index (χ0v) is 17.5. The van der Waals surface area contributed by atoms with E-state index in [4.69, 9.17) is 9.15 Å². The summed E-state index contributed by atoms with van der Waals surface area (Å²) in [5.41, 5.74) is 2.34. The summed E-state index contributed by atoms with van der Waals surface area (Å²) >= 11 is 0. The van der Waals surface area contributed by atoms with Crippen LogP contribution in [0.25, 0.3) is 11.0 Å². The molecule has 2 aliphatic heterocycles. The molecule has 0 aliphatic carbocycles. The Kier molecular flexibility index (Phi) is 5.29. The molecule has 2 aromatic heterocycles. The Morgan fingerprint density at radius 1 is 1.10 bits per heavy atom. The standard InChI is InChI=1S/C24H25N3O4/c1-16-6-7-19-17(15-16)22(28)20-21(18-5-2-3-8-25-18)27(24(29)23(20)31-19)10-4-9-26-11-13-30-14-12-26/h2-3,5-8,15,21H,4,9-14H2,1H3. The number of fused-ring (bicyclic) bond motifs is 2. The van der Waals surface area contributed by atoms with E-state index in [1.165, 1.54) is 0 Å². The number of carbonyl (C=O) groups excluding carboxylic acids is 1. The Morgan fingerprint density at radius 3 is 2.71 bits per heavy atom. The lowest BCUT2D eigenvalue weighted by atomic mass is 10.0. The first-order chi connectivity index (χ1) is 15.1. The molecule has 5 rings (SSSR count). The van der Waals surface area contributed by atoms with Gasteiger partial charge in [-0.2, -0.15) is 0 Å². The third-order valence-corrected chi connectivity index (χ3v) is 6.07. The van der Waals surface area contributed by atoms with Crippen molar-refractivity contribution >= 4 is 16.9 Å². The fourth-order valence-electron chi connectivity index (χ4n) is 4.50. The number of hydrogen-bond donors (Lipinski definition) is 0.